The van der Waals surface area contributed by atoms with Gasteiger partial charge >= 0.3 is 0 Å². The summed E-state index contributed by atoms with van der Waals surface area (Å²) < 4.78 is 5.99. The Bertz CT molecular complexity index is 756. The van der Waals surface area contributed by atoms with Crippen LogP contribution in [0.5, 0.6) is 0 Å². The zero-order valence-electron chi connectivity index (χ0n) is 11.6. The van der Waals surface area contributed by atoms with E-state index in [0.29, 0.717) is 6.04 Å². The highest BCUT2D eigenvalue weighted by molar-refractivity contribution is 6.30. The first-order valence-corrected chi connectivity index (χ1v) is 7.68. The number of para-hydroxylation sites is 1. The van der Waals surface area contributed by atoms with Crippen LogP contribution in [0.1, 0.15) is 18.4 Å². The van der Waals surface area contributed by atoms with Gasteiger partial charge in [0.1, 0.15) is 11.3 Å². The van der Waals surface area contributed by atoms with Crippen molar-refractivity contribution < 1.29 is 4.42 Å². The Morgan fingerprint density at radius 3 is 2.76 bits per heavy atom. The van der Waals surface area contributed by atoms with Gasteiger partial charge in [-0.2, -0.15) is 0 Å². The normalized spacial score (nSPS) is 14.7. The molecule has 1 N–H and O–H groups in total. The van der Waals surface area contributed by atoms with Gasteiger partial charge in [-0.3, -0.25) is 0 Å². The summed E-state index contributed by atoms with van der Waals surface area (Å²) in [5.41, 5.74) is 3.22. The van der Waals surface area contributed by atoms with Gasteiger partial charge in [-0.25, -0.2) is 0 Å². The average Bonchev–Trinajstić information content (AvgIpc) is 3.22. The van der Waals surface area contributed by atoms with Crippen LogP contribution in [-0.2, 0) is 6.54 Å². The Balaban J connectivity index is 1.74. The molecule has 106 valence electrons. The van der Waals surface area contributed by atoms with Crippen LogP contribution in [0.15, 0.2) is 52.9 Å². The molecule has 1 fully saturated rings. The predicted molar refractivity (Wildman–Crippen MR) is 86.5 cm³/mol. The van der Waals surface area contributed by atoms with Crippen molar-refractivity contribution in [1.29, 1.82) is 0 Å². The number of furan rings is 1. The highest BCUT2D eigenvalue weighted by atomic mass is 35.5. The lowest BCUT2D eigenvalue weighted by Gasteiger charge is -2.09. The minimum absolute atomic E-state index is 0.674. The first-order valence-electron chi connectivity index (χ1n) is 7.30. The second-order valence-electron chi connectivity index (χ2n) is 5.61. The van der Waals surface area contributed by atoms with Gasteiger partial charge < -0.3 is 9.73 Å². The van der Waals surface area contributed by atoms with E-state index in [1.807, 2.05) is 36.4 Å². The lowest BCUT2D eigenvalue weighted by atomic mass is 10.0. The average molecular weight is 298 g/mol. The molecule has 21 heavy (non-hydrogen) atoms. The molecule has 0 saturated heterocycles. The van der Waals surface area contributed by atoms with Crippen molar-refractivity contribution in [1.82, 2.24) is 5.32 Å². The van der Waals surface area contributed by atoms with E-state index < -0.39 is 0 Å². The summed E-state index contributed by atoms with van der Waals surface area (Å²) in [5, 5.41) is 5.44. The molecule has 2 aromatic carbocycles. The smallest absolute Gasteiger partial charge is 0.135 e. The summed E-state index contributed by atoms with van der Waals surface area (Å²) in [4.78, 5) is 0. The van der Waals surface area contributed by atoms with E-state index in [0.717, 1.165) is 33.9 Å². The van der Waals surface area contributed by atoms with Crippen LogP contribution in [0.25, 0.3) is 22.3 Å². The van der Waals surface area contributed by atoms with Gasteiger partial charge in [-0.1, -0.05) is 29.8 Å². The second kappa shape index (κ2) is 5.21. The molecule has 1 heterocycles. The van der Waals surface area contributed by atoms with E-state index in [1.54, 1.807) is 0 Å². The van der Waals surface area contributed by atoms with Crippen molar-refractivity contribution in [2.75, 3.05) is 0 Å². The zero-order valence-corrected chi connectivity index (χ0v) is 12.4. The third-order valence-corrected chi connectivity index (χ3v) is 4.15. The fourth-order valence-corrected chi connectivity index (χ4v) is 2.80. The maximum Gasteiger partial charge on any atom is 0.135 e. The number of nitrogens with one attached hydrogen (secondary N) is 1. The second-order valence-corrected chi connectivity index (χ2v) is 6.04. The molecule has 0 unspecified atom stereocenters. The Morgan fingerprint density at radius 1 is 1.10 bits per heavy atom. The fourth-order valence-electron chi connectivity index (χ4n) is 2.61. The van der Waals surface area contributed by atoms with Crippen LogP contribution in [0, 0.1) is 0 Å². The maximum atomic E-state index is 6.16. The zero-order chi connectivity index (χ0) is 14.2. The van der Waals surface area contributed by atoms with Crippen molar-refractivity contribution in [2.45, 2.75) is 25.4 Å². The SMILES string of the molecule is Clc1ccc(-c2cc3ccccc3o2)c(CNC2CC2)c1. The summed E-state index contributed by atoms with van der Waals surface area (Å²) in [6.07, 6.45) is 2.56. The summed E-state index contributed by atoms with van der Waals surface area (Å²) in [7, 11) is 0. The van der Waals surface area contributed by atoms with E-state index >= 15 is 0 Å². The molecule has 0 atom stereocenters. The van der Waals surface area contributed by atoms with Crippen LogP contribution in [0.3, 0.4) is 0 Å². The van der Waals surface area contributed by atoms with Crippen molar-refractivity contribution in [3.8, 4) is 11.3 Å². The van der Waals surface area contributed by atoms with E-state index in [4.69, 9.17) is 16.0 Å². The number of halogens is 1. The Hall–Kier alpha value is -1.77. The van der Waals surface area contributed by atoms with Crippen molar-refractivity contribution in [3.63, 3.8) is 0 Å². The quantitative estimate of drug-likeness (QED) is 0.732. The third-order valence-electron chi connectivity index (χ3n) is 3.92. The topological polar surface area (TPSA) is 25.2 Å². The maximum absolute atomic E-state index is 6.16. The predicted octanol–water partition coefficient (Wildman–Crippen LogP) is 5.01. The molecule has 3 aromatic rings. The molecule has 2 nitrogen and oxygen atoms in total. The Kier molecular flexibility index (Phi) is 3.21. The van der Waals surface area contributed by atoms with Crippen LogP contribution in [-0.4, -0.2) is 6.04 Å². The van der Waals surface area contributed by atoms with Crippen molar-refractivity contribution >= 4 is 22.6 Å². The number of rotatable bonds is 4. The summed E-state index contributed by atoms with van der Waals surface area (Å²) >= 11 is 6.16. The number of fused-ring (bicyclic) bond motifs is 1. The molecule has 3 heteroatoms. The fraction of sp³-hybridized carbons (Fsp3) is 0.222. The monoisotopic (exact) mass is 297 g/mol. The summed E-state index contributed by atoms with van der Waals surface area (Å²) in [6.45, 7) is 0.831. The molecule has 0 bridgehead atoms. The molecule has 0 radical (unpaired) electrons. The highest BCUT2D eigenvalue weighted by Gasteiger charge is 2.21. The number of hydrogen-bond donors (Lipinski definition) is 1. The third kappa shape index (κ3) is 2.69. The highest BCUT2D eigenvalue weighted by Crippen LogP contribution is 2.32. The van der Waals surface area contributed by atoms with E-state index in [-0.39, 0.29) is 0 Å². The molecule has 0 amide bonds. The van der Waals surface area contributed by atoms with Gasteiger partial charge in [0.25, 0.3) is 0 Å². The molecule has 1 aliphatic carbocycles. The Labute approximate surface area is 128 Å². The largest absolute Gasteiger partial charge is 0.456 e. The van der Waals surface area contributed by atoms with Crippen LogP contribution < -0.4 is 5.32 Å². The van der Waals surface area contributed by atoms with Gasteiger partial charge in [0.05, 0.1) is 0 Å². The first-order chi connectivity index (χ1) is 10.3. The first kappa shape index (κ1) is 12.9. The van der Waals surface area contributed by atoms with Crippen LogP contribution in [0.4, 0.5) is 0 Å². The van der Waals surface area contributed by atoms with Gasteiger partial charge in [-0.05, 0) is 48.7 Å². The molecule has 4 rings (SSSR count). The van der Waals surface area contributed by atoms with E-state index in [9.17, 15) is 0 Å². The Morgan fingerprint density at radius 2 is 1.95 bits per heavy atom. The molecular weight excluding hydrogens is 282 g/mol. The molecule has 0 aliphatic heterocycles. The van der Waals surface area contributed by atoms with Crippen LogP contribution in [0.2, 0.25) is 5.02 Å². The van der Waals surface area contributed by atoms with Gasteiger partial charge in [0.2, 0.25) is 0 Å². The molecular formula is C18H16ClNO. The summed E-state index contributed by atoms with van der Waals surface area (Å²) in [6, 6.07) is 16.9. The molecule has 0 spiro atoms. The van der Waals surface area contributed by atoms with E-state index in [2.05, 4.69) is 17.4 Å². The standard InChI is InChI=1S/C18H16ClNO/c19-14-5-8-16(13(9-14)11-20-15-6-7-15)18-10-12-3-1-2-4-17(12)21-18/h1-5,8-10,15,20H,6-7,11H2. The number of hydrogen-bond acceptors (Lipinski definition) is 2. The minimum Gasteiger partial charge on any atom is -0.456 e. The molecule has 1 saturated carbocycles. The van der Waals surface area contributed by atoms with Crippen molar-refractivity contribution in [2.24, 2.45) is 0 Å². The minimum atomic E-state index is 0.674. The van der Waals surface area contributed by atoms with Gasteiger partial charge in [0, 0.05) is 28.6 Å². The molecule has 1 aromatic heterocycles. The number of benzene rings is 2. The summed E-state index contributed by atoms with van der Waals surface area (Å²) in [5.74, 6) is 0.903. The van der Waals surface area contributed by atoms with Gasteiger partial charge in [-0.15, -0.1) is 0 Å². The molecule has 1 aliphatic rings. The lowest BCUT2D eigenvalue weighted by Crippen LogP contribution is -2.15. The van der Waals surface area contributed by atoms with Gasteiger partial charge in [0.15, 0.2) is 0 Å². The van der Waals surface area contributed by atoms with Crippen molar-refractivity contribution in [3.05, 3.63) is 59.1 Å². The van der Waals surface area contributed by atoms with E-state index in [1.165, 1.54) is 18.4 Å². The van der Waals surface area contributed by atoms with Crippen LogP contribution >= 0.6 is 11.6 Å². The lowest BCUT2D eigenvalue weighted by molar-refractivity contribution is 0.627.